The number of carbonyl (C=O) groups excluding carboxylic acids is 1. The lowest BCUT2D eigenvalue weighted by Crippen LogP contribution is -2.55. The van der Waals surface area contributed by atoms with Gasteiger partial charge in [0, 0.05) is 12.0 Å². The van der Waals surface area contributed by atoms with Crippen molar-refractivity contribution in [1.29, 1.82) is 5.26 Å². The van der Waals surface area contributed by atoms with Gasteiger partial charge in [0.05, 0.1) is 36.8 Å². The fourth-order valence-corrected chi connectivity index (χ4v) is 3.33. The number of carbonyl (C=O) groups is 1. The molecule has 1 aromatic heterocycles. The molecule has 1 spiro atoms. The minimum Gasteiger partial charge on any atom is -0.367 e. The van der Waals surface area contributed by atoms with Crippen molar-refractivity contribution in [3.8, 4) is 6.07 Å². The summed E-state index contributed by atoms with van der Waals surface area (Å²) < 4.78 is 6.01. The number of nitriles is 1. The summed E-state index contributed by atoms with van der Waals surface area (Å²) in [6.07, 6.45) is 7.29. The standard InChI is InChI=1S/C16H18N4O2/c1-15(2)9-16(5-12(6-17)14(15)21)10-20(3-4-22-16)13-7-18-11-19-8-13/h5,7-8,11H,3-4,9-10H2,1-2H3. The molecule has 3 rings (SSSR count). The Morgan fingerprint density at radius 3 is 2.77 bits per heavy atom. The maximum absolute atomic E-state index is 12.3. The maximum atomic E-state index is 12.3. The van der Waals surface area contributed by atoms with Gasteiger partial charge in [-0.1, -0.05) is 13.8 Å². The average Bonchev–Trinajstić information content (AvgIpc) is 2.51. The van der Waals surface area contributed by atoms with E-state index in [9.17, 15) is 10.1 Å². The third-order valence-electron chi connectivity index (χ3n) is 4.25. The monoisotopic (exact) mass is 298 g/mol. The number of nitrogens with zero attached hydrogens (tertiary/aromatic N) is 4. The van der Waals surface area contributed by atoms with Crippen molar-refractivity contribution in [3.63, 3.8) is 0 Å². The molecule has 0 N–H and O–H groups in total. The van der Waals surface area contributed by atoms with Gasteiger partial charge in [-0.15, -0.1) is 0 Å². The summed E-state index contributed by atoms with van der Waals surface area (Å²) in [6, 6.07) is 2.02. The molecule has 1 saturated heterocycles. The second kappa shape index (κ2) is 5.18. The number of hydrogen-bond acceptors (Lipinski definition) is 6. The molecule has 1 aliphatic heterocycles. The van der Waals surface area contributed by atoms with Crippen molar-refractivity contribution in [1.82, 2.24) is 9.97 Å². The van der Waals surface area contributed by atoms with Crippen molar-refractivity contribution in [2.45, 2.75) is 25.9 Å². The van der Waals surface area contributed by atoms with Crippen LogP contribution in [0.15, 0.2) is 30.4 Å². The van der Waals surface area contributed by atoms with Crippen molar-refractivity contribution < 1.29 is 9.53 Å². The predicted octanol–water partition coefficient (Wildman–Crippen LogP) is 1.50. The molecule has 1 aliphatic carbocycles. The number of hydrogen-bond donors (Lipinski definition) is 0. The second-order valence-electron chi connectivity index (χ2n) is 6.49. The first-order valence-corrected chi connectivity index (χ1v) is 7.27. The molecule has 1 atom stereocenters. The fourth-order valence-electron chi connectivity index (χ4n) is 3.33. The van der Waals surface area contributed by atoms with Crippen LogP contribution in [0, 0.1) is 16.7 Å². The van der Waals surface area contributed by atoms with Crippen LogP contribution in [-0.2, 0) is 9.53 Å². The molecule has 1 fully saturated rings. The van der Waals surface area contributed by atoms with Gasteiger partial charge in [0.1, 0.15) is 18.0 Å². The summed E-state index contributed by atoms with van der Waals surface area (Å²) in [5, 5.41) is 9.26. The third-order valence-corrected chi connectivity index (χ3v) is 4.25. The number of ether oxygens (including phenoxy) is 1. The van der Waals surface area contributed by atoms with E-state index in [0.717, 1.165) is 12.2 Å². The fraction of sp³-hybridized carbons (Fsp3) is 0.500. The number of anilines is 1. The molecule has 0 amide bonds. The average molecular weight is 298 g/mol. The topological polar surface area (TPSA) is 79.1 Å². The highest BCUT2D eigenvalue weighted by atomic mass is 16.5. The lowest BCUT2D eigenvalue weighted by molar-refractivity contribution is -0.130. The summed E-state index contributed by atoms with van der Waals surface area (Å²) in [4.78, 5) is 22.5. The lowest BCUT2D eigenvalue weighted by atomic mass is 9.69. The van der Waals surface area contributed by atoms with Crippen LogP contribution in [-0.4, -0.2) is 41.0 Å². The van der Waals surface area contributed by atoms with E-state index in [4.69, 9.17) is 4.74 Å². The Balaban J connectivity index is 1.94. The largest absolute Gasteiger partial charge is 0.367 e. The summed E-state index contributed by atoms with van der Waals surface area (Å²) in [5.74, 6) is -0.107. The predicted molar refractivity (Wildman–Crippen MR) is 80.0 cm³/mol. The van der Waals surface area contributed by atoms with Crippen LogP contribution in [0.4, 0.5) is 5.69 Å². The Bertz CT molecular complexity index is 662. The first-order valence-electron chi connectivity index (χ1n) is 7.27. The van der Waals surface area contributed by atoms with Gasteiger partial charge in [0.2, 0.25) is 0 Å². The van der Waals surface area contributed by atoms with Gasteiger partial charge in [-0.25, -0.2) is 9.97 Å². The zero-order valence-electron chi connectivity index (χ0n) is 12.7. The number of morpholine rings is 1. The molecule has 22 heavy (non-hydrogen) atoms. The van der Waals surface area contributed by atoms with E-state index >= 15 is 0 Å². The minimum atomic E-state index is -0.615. The molecule has 0 saturated carbocycles. The molecule has 114 valence electrons. The number of Topliss-reactive ketones (excluding diaryl/α,β-unsaturated/α-hetero) is 1. The zero-order chi connectivity index (χ0) is 15.8. The summed E-state index contributed by atoms with van der Waals surface area (Å²) in [6.45, 7) is 5.60. The van der Waals surface area contributed by atoms with Gasteiger partial charge < -0.3 is 9.64 Å². The molecule has 2 aliphatic rings. The molecular formula is C16H18N4O2. The quantitative estimate of drug-likeness (QED) is 0.781. The Morgan fingerprint density at radius 2 is 2.09 bits per heavy atom. The van der Waals surface area contributed by atoms with Crippen molar-refractivity contribution >= 4 is 11.5 Å². The summed E-state index contributed by atoms with van der Waals surface area (Å²) in [5.41, 5.74) is -0.0961. The van der Waals surface area contributed by atoms with E-state index < -0.39 is 11.0 Å². The molecule has 1 unspecified atom stereocenters. The normalized spacial score (nSPS) is 27.4. The SMILES string of the molecule is CC1(C)CC2(C=C(C#N)C1=O)CN(c1cncnc1)CCO2. The van der Waals surface area contributed by atoms with Gasteiger partial charge in [0.15, 0.2) is 5.78 Å². The van der Waals surface area contributed by atoms with E-state index in [0.29, 0.717) is 19.6 Å². The van der Waals surface area contributed by atoms with Crippen LogP contribution in [0.1, 0.15) is 20.3 Å². The van der Waals surface area contributed by atoms with Crippen LogP contribution in [0.2, 0.25) is 0 Å². The molecule has 6 heteroatoms. The molecule has 1 aromatic rings. The third kappa shape index (κ3) is 2.48. The molecular weight excluding hydrogens is 280 g/mol. The summed E-state index contributed by atoms with van der Waals surface area (Å²) in [7, 11) is 0. The van der Waals surface area contributed by atoms with Gasteiger partial charge in [-0.2, -0.15) is 5.26 Å². The summed E-state index contributed by atoms with van der Waals surface area (Å²) >= 11 is 0. The second-order valence-corrected chi connectivity index (χ2v) is 6.49. The molecule has 6 nitrogen and oxygen atoms in total. The van der Waals surface area contributed by atoms with Gasteiger partial charge in [-0.05, 0) is 12.5 Å². The van der Waals surface area contributed by atoms with Gasteiger partial charge in [-0.3, -0.25) is 4.79 Å². The smallest absolute Gasteiger partial charge is 0.178 e. The Labute approximate surface area is 129 Å². The van der Waals surface area contributed by atoms with E-state index in [1.54, 1.807) is 18.5 Å². The van der Waals surface area contributed by atoms with E-state index in [1.165, 1.54) is 6.33 Å². The van der Waals surface area contributed by atoms with Gasteiger partial charge >= 0.3 is 0 Å². The Hall–Kier alpha value is -2.26. The number of ketones is 1. The highest BCUT2D eigenvalue weighted by molar-refractivity contribution is 6.04. The van der Waals surface area contributed by atoms with Crippen LogP contribution >= 0.6 is 0 Å². The molecule has 0 radical (unpaired) electrons. The number of aromatic nitrogens is 2. The van der Waals surface area contributed by atoms with Crippen LogP contribution < -0.4 is 4.90 Å². The first-order chi connectivity index (χ1) is 10.5. The van der Waals surface area contributed by atoms with Crippen molar-refractivity contribution in [2.75, 3.05) is 24.6 Å². The van der Waals surface area contributed by atoms with E-state index in [1.807, 2.05) is 19.9 Å². The van der Waals surface area contributed by atoms with Crippen molar-refractivity contribution in [2.24, 2.45) is 5.41 Å². The van der Waals surface area contributed by atoms with Crippen LogP contribution in [0.25, 0.3) is 0 Å². The lowest BCUT2D eigenvalue weighted by Gasteiger charge is -2.47. The van der Waals surface area contributed by atoms with Crippen LogP contribution in [0.3, 0.4) is 0 Å². The Kier molecular flexibility index (Phi) is 3.45. The van der Waals surface area contributed by atoms with Crippen molar-refractivity contribution in [3.05, 3.63) is 30.4 Å². The van der Waals surface area contributed by atoms with E-state index in [-0.39, 0.29) is 11.4 Å². The maximum Gasteiger partial charge on any atom is 0.178 e. The van der Waals surface area contributed by atoms with E-state index in [2.05, 4.69) is 14.9 Å². The number of rotatable bonds is 1. The van der Waals surface area contributed by atoms with Crippen LogP contribution in [0.5, 0.6) is 0 Å². The minimum absolute atomic E-state index is 0.107. The number of allylic oxidation sites excluding steroid dienone is 1. The molecule has 0 bridgehead atoms. The zero-order valence-corrected chi connectivity index (χ0v) is 12.7. The molecule has 2 heterocycles. The molecule has 0 aromatic carbocycles. The Morgan fingerprint density at radius 1 is 1.36 bits per heavy atom. The highest BCUT2D eigenvalue weighted by Gasteiger charge is 2.48. The van der Waals surface area contributed by atoms with Gasteiger partial charge in [0.25, 0.3) is 0 Å². The first kappa shape index (κ1) is 14.7. The highest BCUT2D eigenvalue weighted by Crippen LogP contribution is 2.41.